The molecule has 0 radical (unpaired) electrons. The fourth-order valence-electron chi connectivity index (χ4n) is 1.70. The number of aliphatic hydroxyl groups is 2. The number of rotatable bonds is 1. The van der Waals surface area contributed by atoms with Crippen LogP contribution in [0.4, 0.5) is 4.79 Å². The maximum absolute atomic E-state index is 11.9. The van der Waals surface area contributed by atoms with Gasteiger partial charge in [-0.25, -0.2) is 4.79 Å². The zero-order valence-electron chi connectivity index (χ0n) is 11.8. The summed E-state index contributed by atoms with van der Waals surface area (Å²) in [5, 5.41) is 19.9. The van der Waals surface area contributed by atoms with Crippen LogP contribution >= 0.6 is 0 Å². The molecule has 0 aromatic rings. The van der Waals surface area contributed by atoms with Gasteiger partial charge in [-0.1, -0.05) is 6.08 Å². The van der Waals surface area contributed by atoms with Gasteiger partial charge in [0.15, 0.2) is 0 Å². The summed E-state index contributed by atoms with van der Waals surface area (Å²) in [6, 6.07) is 0. The Labute approximate surface area is 113 Å². The fraction of sp³-hybridized carbons (Fsp3) is 0.769. The molecule has 1 saturated heterocycles. The highest BCUT2D eigenvalue weighted by molar-refractivity contribution is 5.66. The second kappa shape index (κ2) is 6.88. The third-order valence-corrected chi connectivity index (χ3v) is 2.60. The molecule has 1 unspecified atom stereocenters. The van der Waals surface area contributed by atoms with Gasteiger partial charge >= 0.3 is 6.09 Å². The first-order valence-electron chi connectivity index (χ1n) is 6.45. The zero-order chi connectivity index (χ0) is 14.5. The van der Waals surface area contributed by atoms with Crippen LogP contribution in [0.3, 0.4) is 0 Å². The van der Waals surface area contributed by atoms with E-state index in [4.69, 9.17) is 14.7 Å². The number of aliphatic hydroxyl groups excluding tert-OH is 2. The maximum atomic E-state index is 11.9. The molecule has 1 heterocycles. The average molecular weight is 273 g/mol. The van der Waals surface area contributed by atoms with E-state index in [0.717, 1.165) is 0 Å². The number of hydrogen-bond acceptors (Lipinski definition) is 5. The SMILES string of the molecule is CC(C)(C)OC(=O)N1CCCC(O)/C(=C\CO)CO1. The molecule has 1 rings (SSSR count). The van der Waals surface area contributed by atoms with Gasteiger partial charge < -0.3 is 14.9 Å². The summed E-state index contributed by atoms with van der Waals surface area (Å²) < 4.78 is 5.23. The first-order chi connectivity index (χ1) is 8.83. The third kappa shape index (κ3) is 5.59. The summed E-state index contributed by atoms with van der Waals surface area (Å²) in [6.45, 7) is 5.64. The van der Waals surface area contributed by atoms with Gasteiger partial charge in [0.1, 0.15) is 5.60 Å². The summed E-state index contributed by atoms with van der Waals surface area (Å²) in [6.07, 6.45) is 1.46. The van der Waals surface area contributed by atoms with E-state index in [9.17, 15) is 9.90 Å². The van der Waals surface area contributed by atoms with Crippen LogP contribution in [-0.4, -0.2) is 52.8 Å². The highest BCUT2D eigenvalue weighted by Gasteiger charge is 2.25. The maximum Gasteiger partial charge on any atom is 0.434 e. The van der Waals surface area contributed by atoms with E-state index in [1.165, 1.54) is 11.1 Å². The average Bonchev–Trinajstić information content (AvgIpc) is 2.26. The van der Waals surface area contributed by atoms with Crippen LogP contribution in [0.2, 0.25) is 0 Å². The van der Waals surface area contributed by atoms with E-state index in [2.05, 4.69) is 0 Å². The van der Waals surface area contributed by atoms with Gasteiger partial charge in [0.25, 0.3) is 0 Å². The monoisotopic (exact) mass is 273 g/mol. The lowest BCUT2D eigenvalue weighted by molar-refractivity contribution is -0.147. The first-order valence-corrected chi connectivity index (χ1v) is 6.45. The highest BCUT2D eigenvalue weighted by atomic mass is 16.7. The van der Waals surface area contributed by atoms with Crippen molar-refractivity contribution in [3.63, 3.8) is 0 Å². The van der Waals surface area contributed by atoms with Crippen LogP contribution in [0.15, 0.2) is 11.6 Å². The number of hydrogen-bond donors (Lipinski definition) is 2. The van der Waals surface area contributed by atoms with Crippen molar-refractivity contribution in [3.8, 4) is 0 Å². The van der Waals surface area contributed by atoms with Crippen molar-refractivity contribution >= 4 is 6.09 Å². The zero-order valence-corrected chi connectivity index (χ0v) is 11.8. The number of amides is 1. The van der Waals surface area contributed by atoms with Crippen LogP contribution in [0.5, 0.6) is 0 Å². The van der Waals surface area contributed by atoms with Gasteiger partial charge in [0.05, 0.1) is 25.9 Å². The minimum atomic E-state index is -0.632. The molecule has 0 spiro atoms. The van der Waals surface area contributed by atoms with Crippen molar-refractivity contribution in [1.29, 1.82) is 0 Å². The van der Waals surface area contributed by atoms with E-state index in [0.29, 0.717) is 25.0 Å². The normalized spacial score (nSPS) is 23.9. The first kappa shape index (κ1) is 15.9. The second-order valence-electron chi connectivity index (χ2n) is 5.48. The number of nitrogens with zero attached hydrogens (tertiary/aromatic N) is 1. The van der Waals surface area contributed by atoms with E-state index in [1.54, 1.807) is 20.8 Å². The van der Waals surface area contributed by atoms with Crippen LogP contribution < -0.4 is 0 Å². The van der Waals surface area contributed by atoms with Gasteiger partial charge in [-0.05, 0) is 39.2 Å². The van der Waals surface area contributed by atoms with E-state index in [1.807, 2.05) is 0 Å². The third-order valence-electron chi connectivity index (χ3n) is 2.60. The van der Waals surface area contributed by atoms with Crippen LogP contribution in [0.25, 0.3) is 0 Å². The molecular weight excluding hydrogens is 250 g/mol. The molecule has 1 atom stereocenters. The van der Waals surface area contributed by atoms with Gasteiger partial charge in [-0.2, -0.15) is 5.06 Å². The lowest BCUT2D eigenvalue weighted by Gasteiger charge is -2.29. The summed E-state index contributed by atoms with van der Waals surface area (Å²) in [4.78, 5) is 17.2. The Bertz CT molecular complexity index is 334. The molecule has 0 bridgehead atoms. The summed E-state index contributed by atoms with van der Waals surface area (Å²) >= 11 is 0. The smallest absolute Gasteiger partial charge is 0.434 e. The van der Waals surface area contributed by atoms with Gasteiger partial charge in [0.2, 0.25) is 0 Å². The van der Waals surface area contributed by atoms with Crippen molar-refractivity contribution in [2.75, 3.05) is 19.8 Å². The predicted octanol–water partition coefficient (Wildman–Crippen LogP) is 1.23. The Morgan fingerprint density at radius 1 is 1.58 bits per heavy atom. The lowest BCUT2D eigenvalue weighted by Crippen LogP contribution is -2.39. The number of ether oxygens (including phenoxy) is 1. The Kier molecular flexibility index (Phi) is 5.78. The van der Waals surface area contributed by atoms with Crippen LogP contribution in [0, 0.1) is 0 Å². The van der Waals surface area contributed by atoms with Crippen molar-refractivity contribution in [3.05, 3.63) is 11.6 Å². The lowest BCUT2D eigenvalue weighted by atomic mass is 10.0. The molecule has 0 aromatic carbocycles. The van der Waals surface area contributed by atoms with E-state index in [-0.39, 0.29) is 13.2 Å². The summed E-state index contributed by atoms with van der Waals surface area (Å²) in [5.41, 5.74) is 0.00212. The minimum Gasteiger partial charge on any atom is -0.442 e. The largest absolute Gasteiger partial charge is 0.442 e. The molecule has 6 heteroatoms. The Morgan fingerprint density at radius 3 is 2.84 bits per heavy atom. The Balaban J connectivity index is 2.63. The highest BCUT2D eigenvalue weighted by Crippen LogP contribution is 2.17. The quantitative estimate of drug-likeness (QED) is 0.702. The number of hydroxylamine groups is 2. The molecule has 110 valence electrons. The Morgan fingerprint density at radius 2 is 2.26 bits per heavy atom. The standard InChI is InChI=1S/C13H23NO5/c1-13(2,3)19-12(17)14-7-4-5-11(16)10(6-8-15)9-18-14/h6,11,15-16H,4-5,7-9H2,1-3H3/b10-6-. The molecule has 0 aromatic heterocycles. The molecule has 1 amide bonds. The number of carbonyl (C=O) groups excluding carboxylic acids is 1. The molecule has 2 N–H and O–H groups in total. The molecular formula is C13H23NO5. The van der Waals surface area contributed by atoms with Crippen LogP contribution in [0.1, 0.15) is 33.6 Å². The van der Waals surface area contributed by atoms with Crippen molar-refractivity contribution in [2.24, 2.45) is 0 Å². The fourth-order valence-corrected chi connectivity index (χ4v) is 1.70. The van der Waals surface area contributed by atoms with Gasteiger partial charge in [0, 0.05) is 0 Å². The molecule has 6 nitrogen and oxygen atoms in total. The number of carbonyl (C=O) groups is 1. The van der Waals surface area contributed by atoms with Crippen molar-refractivity contribution in [2.45, 2.75) is 45.3 Å². The predicted molar refractivity (Wildman–Crippen MR) is 69.3 cm³/mol. The molecule has 0 saturated carbocycles. The van der Waals surface area contributed by atoms with Crippen LogP contribution in [-0.2, 0) is 9.57 Å². The van der Waals surface area contributed by atoms with Crippen molar-refractivity contribution in [1.82, 2.24) is 5.06 Å². The Hall–Kier alpha value is -1.11. The van der Waals surface area contributed by atoms with E-state index >= 15 is 0 Å². The minimum absolute atomic E-state index is 0.0704. The van der Waals surface area contributed by atoms with Crippen molar-refractivity contribution < 1.29 is 24.6 Å². The van der Waals surface area contributed by atoms with E-state index < -0.39 is 17.8 Å². The van der Waals surface area contributed by atoms with Gasteiger partial charge in [-0.15, -0.1) is 0 Å². The topological polar surface area (TPSA) is 79.2 Å². The molecule has 1 fully saturated rings. The summed E-state index contributed by atoms with van der Waals surface area (Å²) in [5.74, 6) is 0. The molecule has 1 aliphatic rings. The molecule has 19 heavy (non-hydrogen) atoms. The van der Waals surface area contributed by atoms with Gasteiger partial charge in [-0.3, -0.25) is 4.84 Å². The second-order valence-corrected chi connectivity index (χ2v) is 5.48. The molecule has 1 aliphatic heterocycles. The summed E-state index contributed by atoms with van der Waals surface area (Å²) in [7, 11) is 0. The molecule has 0 aliphatic carbocycles.